The molecule has 23 heavy (non-hydrogen) atoms. The second-order valence-electron chi connectivity index (χ2n) is 6.07. The topological polar surface area (TPSA) is 38.1 Å². The quantitative estimate of drug-likeness (QED) is 0.765. The molecule has 5 heteroatoms. The van der Waals surface area contributed by atoms with Gasteiger partial charge >= 0.3 is 0 Å². The van der Waals surface area contributed by atoms with Crippen LogP contribution in [0.5, 0.6) is 0 Å². The van der Waals surface area contributed by atoms with Gasteiger partial charge in [-0.2, -0.15) is 0 Å². The Balaban J connectivity index is 1.42. The van der Waals surface area contributed by atoms with Crippen molar-refractivity contribution in [3.05, 3.63) is 48.5 Å². The van der Waals surface area contributed by atoms with Crippen LogP contribution in [0.2, 0.25) is 0 Å². The number of aromatic nitrogens is 2. The van der Waals surface area contributed by atoms with Crippen molar-refractivity contribution in [2.45, 2.75) is 24.2 Å². The maximum absolute atomic E-state index is 12.4. The first-order valence-corrected chi connectivity index (χ1v) is 9.13. The average molecular weight is 329 g/mol. The zero-order valence-electron chi connectivity index (χ0n) is 13.5. The smallest absolute Gasteiger partial charge is 0.223 e. The van der Waals surface area contributed by atoms with Gasteiger partial charge < -0.3 is 9.47 Å². The standard InChI is InChI=1S/C18H23N3OS/c1-20-12-10-19-17(20)7-8-18(22)21-11-9-15(13-21)14-23-16-5-3-2-4-6-16/h2-6,10,12,15H,7-9,11,13-14H2,1H3. The number of aryl methyl sites for hydroxylation is 2. The molecule has 0 saturated carbocycles. The van der Waals surface area contributed by atoms with E-state index in [1.165, 1.54) is 4.90 Å². The summed E-state index contributed by atoms with van der Waals surface area (Å²) in [6.45, 7) is 1.80. The first-order chi connectivity index (χ1) is 11.2. The third-order valence-corrected chi connectivity index (χ3v) is 5.59. The Bertz CT molecular complexity index is 641. The van der Waals surface area contributed by atoms with Gasteiger partial charge in [-0.05, 0) is 24.5 Å². The van der Waals surface area contributed by atoms with Crippen molar-refractivity contribution < 1.29 is 4.79 Å². The molecule has 122 valence electrons. The lowest BCUT2D eigenvalue weighted by Gasteiger charge is -2.16. The molecule has 0 aliphatic carbocycles. The molecule has 1 fully saturated rings. The van der Waals surface area contributed by atoms with E-state index in [9.17, 15) is 4.79 Å². The zero-order valence-corrected chi connectivity index (χ0v) is 14.3. The van der Waals surface area contributed by atoms with Crippen LogP contribution in [0.1, 0.15) is 18.7 Å². The largest absolute Gasteiger partial charge is 0.342 e. The summed E-state index contributed by atoms with van der Waals surface area (Å²) in [5, 5.41) is 0. The third-order valence-electron chi connectivity index (χ3n) is 4.35. The number of amides is 1. The molecule has 0 spiro atoms. The lowest BCUT2D eigenvalue weighted by molar-refractivity contribution is -0.130. The molecule has 3 rings (SSSR count). The van der Waals surface area contributed by atoms with Crippen LogP contribution >= 0.6 is 11.8 Å². The maximum atomic E-state index is 12.4. The molecule has 0 N–H and O–H groups in total. The average Bonchev–Trinajstić information content (AvgIpc) is 3.21. The number of carbonyl (C=O) groups excluding carboxylic acids is 1. The van der Waals surface area contributed by atoms with E-state index >= 15 is 0 Å². The molecule has 1 unspecified atom stereocenters. The van der Waals surface area contributed by atoms with Gasteiger partial charge in [-0.15, -0.1) is 11.8 Å². The highest BCUT2D eigenvalue weighted by atomic mass is 32.2. The Morgan fingerprint density at radius 3 is 2.91 bits per heavy atom. The van der Waals surface area contributed by atoms with Gasteiger partial charge in [0.1, 0.15) is 5.82 Å². The highest BCUT2D eigenvalue weighted by Gasteiger charge is 2.26. The second kappa shape index (κ2) is 7.68. The molecule has 1 aromatic carbocycles. The van der Waals surface area contributed by atoms with Crippen molar-refractivity contribution in [1.82, 2.24) is 14.5 Å². The van der Waals surface area contributed by atoms with Gasteiger partial charge in [0, 0.05) is 56.0 Å². The van der Waals surface area contributed by atoms with Crippen molar-refractivity contribution >= 4 is 17.7 Å². The van der Waals surface area contributed by atoms with Crippen LogP contribution in [0, 0.1) is 5.92 Å². The van der Waals surface area contributed by atoms with Crippen LogP contribution in [0.4, 0.5) is 0 Å². The van der Waals surface area contributed by atoms with Crippen LogP contribution in [-0.2, 0) is 18.3 Å². The molecule has 1 saturated heterocycles. The number of hydrogen-bond acceptors (Lipinski definition) is 3. The lowest BCUT2D eigenvalue weighted by atomic mass is 10.2. The van der Waals surface area contributed by atoms with E-state index in [1.54, 1.807) is 6.20 Å². The zero-order chi connectivity index (χ0) is 16.1. The third kappa shape index (κ3) is 4.38. The Hall–Kier alpha value is -1.75. The van der Waals surface area contributed by atoms with E-state index in [2.05, 4.69) is 29.2 Å². The van der Waals surface area contributed by atoms with Crippen LogP contribution in [0.25, 0.3) is 0 Å². The number of rotatable bonds is 6. The van der Waals surface area contributed by atoms with Crippen molar-refractivity contribution in [3.8, 4) is 0 Å². The van der Waals surface area contributed by atoms with E-state index < -0.39 is 0 Å². The number of likely N-dealkylation sites (tertiary alicyclic amines) is 1. The SMILES string of the molecule is Cn1ccnc1CCC(=O)N1CCC(CSc2ccccc2)C1. The molecular weight excluding hydrogens is 306 g/mol. The fourth-order valence-corrected chi connectivity index (χ4v) is 3.99. The molecule has 1 aliphatic rings. The maximum Gasteiger partial charge on any atom is 0.223 e. The predicted octanol–water partition coefficient (Wildman–Crippen LogP) is 2.99. The highest BCUT2D eigenvalue weighted by Crippen LogP contribution is 2.26. The Morgan fingerprint density at radius 2 is 2.17 bits per heavy atom. The second-order valence-corrected chi connectivity index (χ2v) is 7.17. The van der Waals surface area contributed by atoms with Gasteiger partial charge in [0.15, 0.2) is 0 Å². The number of benzene rings is 1. The van der Waals surface area contributed by atoms with E-state index in [0.717, 1.165) is 37.5 Å². The molecule has 1 atom stereocenters. The summed E-state index contributed by atoms with van der Waals surface area (Å²) >= 11 is 1.89. The molecular formula is C18H23N3OS. The summed E-state index contributed by atoms with van der Waals surface area (Å²) in [6, 6.07) is 10.5. The first kappa shape index (κ1) is 16.1. The minimum atomic E-state index is 0.264. The Kier molecular flexibility index (Phi) is 5.39. The number of carbonyl (C=O) groups is 1. The van der Waals surface area contributed by atoms with Crippen molar-refractivity contribution in [3.63, 3.8) is 0 Å². The van der Waals surface area contributed by atoms with E-state index in [-0.39, 0.29) is 5.91 Å². The minimum absolute atomic E-state index is 0.264. The molecule has 2 aromatic rings. The van der Waals surface area contributed by atoms with Gasteiger partial charge in [-0.25, -0.2) is 4.98 Å². The van der Waals surface area contributed by atoms with Gasteiger partial charge in [0.2, 0.25) is 5.91 Å². The fraction of sp³-hybridized carbons (Fsp3) is 0.444. The number of hydrogen-bond donors (Lipinski definition) is 0. The number of thioether (sulfide) groups is 1. The molecule has 0 bridgehead atoms. The normalized spacial score (nSPS) is 17.6. The fourth-order valence-electron chi connectivity index (χ4n) is 2.94. The molecule has 0 radical (unpaired) electrons. The lowest BCUT2D eigenvalue weighted by Crippen LogP contribution is -2.29. The first-order valence-electron chi connectivity index (χ1n) is 8.14. The molecule has 1 aliphatic heterocycles. The summed E-state index contributed by atoms with van der Waals surface area (Å²) in [7, 11) is 1.97. The highest BCUT2D eigenvalue weighted by molar-refractivity contribution is 7.99. The summed E-state index contributed by atoms with van der Waals surface area (Å²) in [5.41, 5.74) is 0. The van der Waals surface area contributed by atoms with Crippen LogP contribution in [-0.4, -0.2) is 39.2 Å². The van der Waals surface area contributed by atoms with Gasteiger partial charge in [0.05, 0.1) is 0 Å². The minimum Gasteiger partial charge on any atom is -0.342 e. The summed E-state index contributed by atoms with van der Waals surface area (Å²) < 4.78 is 1.98. The monoisotopic (exact) mass is 329 g/mol. The van der Waals surface area contributed by atoms with Crippen molar-refractivity contribution in [2.75, 3.05) is 18.8 Å². The summed E-state index contributed by atoms with van der Waals surface area (Å²) in [5.74, 6) is 2.94. The predicted molar refractivity (Wildman–Crippen MR) is 93.4 cm³/mol. The molecule has 1 amide bonds. The molecule has 2 heterocycles. The van der Waals surface area contributed by atoms with Crippen LogP contribution in [0.3, 0.4) is 0 Å². The molecule has 4 nitrogen and oxygen atoms in total. The van der Waals surface area contributed by atoms with E-state index in [0.29, 0.717) is 12.3 Å². The summed E-state index contributed by atoms with van der Waals surface area (Å²) in [4.78, 5) is 20.0. The number of nitrogens with zero attached hydrogens (tertiary/aromatic N) is 3. The van der Waals surface area contributed by atoms with Crippen LogP contribution in [0.15, 0.2) is 47.6 Å². The summed E-state index contributed by atoms with van der Waals surface area (Å²) in [6.07, 6.45) is 6.11. The van der Waals surface area contributed by atoms with E-state index in [1.807, 2.05) is 40.5 Å². The van der Waals surface area contributed by atoms with E-state index in [4.69, 9.17) is 0 Å². The van der Waals surface area contributed by atoms with Gasteiger partial charge in [-0.3, -0.25) is 4.79 Å². The Morgan fingerprint density at radius 1 is 1.35 bits per heavy atom. The van der Waals surface area contributed by atoms with Crippen LogP contribution < -0.4 is 0 Å². The number of imidazole rings is 1. The Labute approximate surface area is 141 Å². The molecule has 1 aromatic heterocycles. The van der Waals surface area contributed by atoms with Gasteiger partial charge in [0.25, 0.3) is 0 Å². The van der Waals surface area contributed by atoms with Crippen molar-refractivity contribution in [1.29, 1.82) is 0 Å². The van der Waals surface area contributed by atoms with Crippen molar-refractivity contribution in [2.24, 2.45) is 13.0 Å². The van der Waals surface area contributed by atoms with Gasteiger partial charge in [-0.1, -0.05) is 18.2 Å².